The average Bonchev–Trinajstić information content (AvgIpc) is 2.38. The van der Waals surface area contributed by atoms with Crippen molar-refractivity contribution < 1.29 is 13.2 Å². The number of allylic oxidation sites excluding steroid dienone is 2. The lowest BCUT2D eigenvalue weighted by Gasteiger charge is -2.25. The highest BCUT2D eigenvalue weighted by Crippen LogP contribution is 2.31. The van der Waals surface area contributed by atoms with Crippen molar-refractivity contribution >= 4 is 16.8 Å². The van der Waals surface area contributed by atoms with Gasteiger partial charge in [0.2, 0.25) is 0 Å². The van der Waals surface area contributed by atoms with Crippen molar-refractivity contribution in [2.75, 3.05) is 5.32 Å². The summed E-state index contributed by atoms with van der Waals surface area (Å²) >= 11 is 0. The second-order valence-electron chi connectivity index (χ2n) is 6.30. The summed E-state index contributed by atoms with van der Waals surface area (Å²) in [6.45, 7) is 7.70. The lowest BCUT2D eigenvalue weighted by atomic mass is 9.90. The van der Waals surface area contributed by atoms with Crippen LogP contribution in [0.5, 0.6) is 0 Å². The molecule has 0 bridgehead atoms. The van der Waals surface area contributed by atoms with Crippen molar-refractivity contribution in [3.8, 4) is 0 Å². The Balaban J connectivity index is 2.47. The van der Waals surface area contributed by atoms with Crippen LogP contribution in [0.1, 0.15) is 31.9 Å². The van der Waals surface area contributed by atoms with Gasteiger partial charge in [-0.05, 0) is 51.0 Å². The molecule has 116 valence electrons. The molecule has 0 unspecified atom stereocenters. The van der Waals surface area contributed by atoms with Gasteiger partial charge in [-0.3, -0.25) is 4.99 Å². The van der Waals surface area contributed by atoms with Gasteiger partial charge in [0.05, 0.1) is 22.2 Å². The number of nitrogens with one attached hydrogen (secondary N) is 1. The minimum absolute atomic E-state index is 0.189. The van der Waals surface area contributed by atoms with Gasteiger partial charge in [-0.2, -0.15) is 13.2 Å². The standard InChI is InChI=1S/C17H17F3N2/c1-9-8-16(3,4)22-15-10(2)14-12(7-11(9)15)13(5-6-21-14)17(18,19)20/h5-8,21H,1-4H3. The SMILES string of the molecule is CC1=CC(C)(C)N=c2c1cc1c(c2C)NC=CC=1C(F)(F)F. The van der Waals surface area contributed by atoms with E-state index in [0.29, 0.717) is 5.69 Å². The molecule has 2 heterocycles. The van der Waals surface area contributed by atoms with Crippen LogP contribution in [0.15, 0.2) is 29.4 Å². The molecule has 5 heteroatoms. The first kappa shape index (κ1) is 14.9. The normalized spacial score (nSPS) is 18.9. The zero-order valence-corrected chi connectivity index (χ0v) is 12.9. The maximum absolute atomic E-state index is 13.2. The summed E-state index contributed by atoms with van der Waals surface area (Å²) in [7, 11) is 0. The Hall–Kier alpha value is -2.04. The topological polar surface area (TPSA) is 24.4 Å². The fourth-order valence-electron chi connectivity index (χ4n) is 3.12. The van der Waals surface area contributed by atoms with E-state index in [-0.39, 0.29) is 10.8 Å². The first-order valence-electron chi connectivity index (χ1n) is 7.08. The molecule has 0 amide bonds. The van der Waals surface area contributed by atoms with E-state index >= 15 is 0 Å². The molecule has 0 atom stereocenters. The third-order valence-corrected chi connectivity index (χ3v) is 4.01. The van der Waals surface area contributed by atoms with Gasteiger partial charge < -0.3 is 5.32 Å². The van der Waals surface area contributed by atoms with Gasteiger partial charge in [0.15, 0.2) is 0 Å². The molecule has 2 aliphatic rings. The molecule has 0 aliphatic carbocycles. The first-order chi connectivity index (χ1) is 10.1. The van der Waals surface area contributed by atoms with Crippen molar-refractivity contribution in [3.63, 3.8) is 0 Å². The Morgan fingerprint density at radius 1 is 1.18 bits per heavy atom. The number of halogens is 3. The molecule has 1 N–H and O–H groups in total. The van der Waals surface area contributed by atoms with Crippen LogP contribution in [-0.4, -0.2) is 11.7 Å². The number of rotatable bonds is 0. The van der Waals surface area contributed by atoms with Crippen LogP contribution in [0.2, 0.25) is 0 Å². The van der Waals surface area contributed by atoms with E-state index in [0.717, 1.165) is 28.1 Å². The number of fused-ring (bicyclic) bond motifs is 2. The average molecular weight is 306 g/mol. The molecule has 0 fully saturated rings. The third kappa shape index (κ3) is 2.25. The van der Waals surface area contributed by atoms with Crippen LogP contribution in [0.4, 0.5) is 18.9 Å². The zero-order chi connectivity index (χ0) is 16.3. The molecule has 0 radical (unpaired) electrons. The maximum Gasteiger partial charge on any atom is 0.417 e. The fraction of sp³-hybridized carbons (Fsp3) is 0.353. The van der Waals surface area contributed by atoms with Crippen molar-refractivity contribution in [1.29, 1.82) is 0 Å². The monoisotopic (exact) mass is 306 g/mol. The van der Waals surface area contributed by atoms with Gasteiger partial charge in [0.1, 0.15) is 0 Å². The van der Waals surface area contributed by atoms with E-state index in [1.807, 2.05) is 33.8 Å². The molecule has 1 aromatic rings. The second kappa shape index (κ2) is 4.48. The summed E-state index contributed by atoms with van der Waals surface area (Å²) in [4.78, 5) is 4.69. The van der Waals surface area contributed by atoms with Crippen LogP contribution in [-0.2, 0) is 0 Å². The number of benzene rings is 1. The van der Waals surface area contributed by atoms with E-state index in [4.69, 9.17) is 4.99 Å². The molecule has 0 saturated heterocycles. The quantitative estimate of drug-likeness (QED) is 0.780. The van der Waals surface area contributed by atoms with E-state index in [9.17, 15) is 13.2 Å². The minimum Gasteiger partial charge on any atom is -0.361 e. The van der Waals surface area contributed by atoms with Crippen LogP contribution in [0.25, 0.3) is 11.1 Å². The van der Waals surface area contributed by atoms with Crippen molar-refractivity contribution in [1.82, 2.24) is 0 Å². The van der Waals surface area contributed by atoms with E-state index in [1.54, 1.807) is 6.07 Å². The first-order valence-corrected chi connectivity index (χ1v) is 7.08. The molecule has 0 spiro atoms. The summed E-state index contributed by atoms with van der Waals surface area (Å²) in [5.41, 5.74) is 2.00. The largest absolute Gasteiger partial charge is 0.417 e. The predicted octanol–water partition coefficient (Wildman–Crippen LogP) is 3.46. The fourth-order valence-corrected chi connectivity index (χ4v) is 3.12. The van der Waals surface area contributed by atoms with Crippen molar-refractivity contribution in [2.24, 2.45) is 4.99 Å². The highest BCUT2D eigenvalue weighted by molar-refractivity contribution is 5.77. The number of hydrogen-bond donors (Lipinski definition) is 1. The van der Waals surface area contributed by atoms with Crippen molar-refractivity contribution in [3.05, 3.63) is 46.1 Å². The predicted molar refractivity (Wildman–Crippen MR) is 81.9 cm³/mol. The Morgan fingerprint density at radius 2 is 1.86 bits per heavy atom. The molecular formula is C17H17F3N2. The lowest BCUT2D eigenvalue weighted by molar-refractivity contribution is -0.0690. The smallest absolute Gasteiger partial charge is 0.361 e. The zero-order valence-electron chi connectivity index (χ0n) is 12.9. The highest BCUT2D eigenvalue weighted by atomic mass is 19.4. The molecule has 1 aromatic carbocycles. The lowest BCUT2D eigenvalue weighted by Crippen LogP contribution is -2.33. The maximum atomic E-state index is 13.2. The van der Waals surface area contributed by atoms with Gasteiger partial charge in [0.25, 0.3) is 0 Å². The molecule has 2 nitrogen and oxygen atoms in total. The molecule has 3 rings (SSSR count). The van der Waals surface area contributed by atoms with E-state index in [2.05, 4.69) is 5.32 Å². The van der Waals surface area contributed by atoms with Gasteiger partial charge in [-0.15, -0.1) is 0 Å². The Labute approximate surface area is 126 Å². The molecule has 22 heavy (non-hydrogen) atoms. The summed E-state index contributed by atoms with van der Waals surface area (Å²) in [6, 6.07) is 1.60. The summed E-state index contributed by atoms with van der Waals surface area (Å²) in [5.74, 6) is 0. The molecule has 0 aromatic heterocycles. The molecule has 0 saturated carbocycles. The number of anilines is 1. The summed E-state index contributed by atoms with van der Waals surface area (Å²) in [5, 5.41) is 3.90. The minimum atomic E-state index is -4.38. The van der Waals surface area contributed by atoms with E-state index in [1.165, 1.54) is 6.20 Å². The van der Waals surface area contributed by atoms with Crippen LogP contribution in [0.3, 0.4) is 0 Å². The van der Waals surface area contributed by atoms with Crippen LogP contribution < -0.4 is 15.9 Å². The number of hydrogen-bond acceptors (Lipinski definition) is 2. The van der Waals surface area contributed by atoms with Crippen LogP contribution >= 0.6 is 0 Å². The van der Waals surface area contributed by atoms with Crippen LogP contribution in [0, 0.1) is 6.92 Å². The molecule has 2 aliphatic heterocycles. The molecular weight excluding hydrogens is 289 g/mol. The number of nitrogens with zero attached hydrogens (tertiary/aromatic N) is 1. The van der Waals surface area contributed by atoms with Gasteiger partial charge in [-0.25, -0.2) is 0 Å². The number of alkyl halides is 3. The van der Waals surface area contributed by atoms with E-state index < -0.39 is 11.7 Å². The Kier molecular flexibility index (Phi) is 3.03. The highest BCUT2D eigenvalue weighted by Gasteiger charge is 2.34. The summed E-state index contributed by atoms with van der Waals surface area (Å²) in [6.07, 6.45) is 0.0234. The Morgan fingerprint density at radius 3 is 2.50 bits per heavy atom. The third-order valence-electron chi connectivity index (χ3n) is 4.01. The van der Waals surface area contributed by atoms with Gasteiger partial charge in [-0.1, -0.05) is 6.08 Å². The second-order valence-corrected chi connectivity index (χ2v) is 6.30. The Bertz CT molecular complexity index is 840. The van der Waals surface area contributed by atoms with Gasteiger partial charge in [0, 0.05) is 17.0 Å². The summed E-state index contributed by atoms with van der Waals surface area (Å²) < 4.78 is 39.7. The van der Waals surface area contributed by atoms with Crippen molar-refractivity contribution in [2.45, 2.75) is 39.4 Å². The van der Waals surface area contributed by atoms with Gasteiger partial charge >= 0.3 is 6.18 Å².